The van der Waals surface area contributed by atoms with Crippen molar-refractivity contribution in [2.45, 2.75) is 25.3 Å². The molecular formula is C17H22N2O4. The summed E-state index contributed by atoms with van der Waals surface area (Å²) in [5, 5.41) is 2.85. The second kappa shape index (κ2) is 6.89. The Hall–Kier alpha value is -2.24. The molecule has 0 bridgehead atoms. The van der Waals surface area contributed by atoms with Crippen LogP contribution in [0.15, 0.2) is 24.3 Å². The molecule has 1 saturated heterocycles. The van der Waals surface area contributed by atoms with E-state index in [1.54, 1.807) is 19.2 Å². The first kappa shape index (κ1) is 15.6. The molecule has 6 nitrogen and oxygen atoms in total. The number of para-hydroxylation sites is 2. The molecule has 2 amide bonds. The number of nitrogens with one attached hydrogen (secondary N) is 1. The summed E-state index contributed by atoms with van der Waals surface area (Å²) in [4.78, 5) is 25.7. The lowest BCUT2D eigenvalue weighted by Gasteiger charge is -2.16. The zero-order valence-electron chi connectivity index (χ0n) is 13.3. The number of rotatable bonds is 7. The predicted octanol–water partition coefficient (Wildman–Crippen LogP) is 1.20. The molecule has 0 spiro atoms. The maximum Gasteiger partial charge on any atom is 0.257 e. The minimum absolute atomic E-state index is 0.0621. The van der Waals surface area contributed by atoms with Crippen LogP contribution in [0.1, 0.15) is 19.3 Å². The fourth-order valence-corrected chi connectivity index (χ4v) is 2.87. The lowest BCUT2D eigenvalue weighted by molar-refractivity contribution is -0.128. The number of amides is 2. The molecule has 1 N–H and O–H groups in total. The quantitative estimate of drug-likeness (QED) is 0.820. The molecular weight excluding hydrogens is 296 g/mol. The smallest absolute Gasteiger partial charge is 0.257 e. The van der Waals surface area contributed by atoms with Gasteiger partial charge < -0.3 is 19.7 Å². The Morgan fingerprint density at radius 2 is 2.04 bits per heavy atom. The Bertz CT molecular complexity index is 586. The summed E-state index contributed by atoms with van der Waals surface area (Å²) in [5.41, 5.74) is 0. The number of nitrogens with zero attached hydrogens (tertiary/aromatic N) is 1. The van der Waals surface area contributed by atoms with E-state index in [2.05, 4.69) is 5.32 Å². The average molecular weight is 318 g/mol. The minimum atomic E-state index is -0.187. The van der Waals surface area contributed by atoms with E-state index in [1.807, 2.05) is 17.0 Å². The van der Waals surface area contributed by atoms with Crippen molar-refractivity contribution in [1.82, 2.24) is 10.2 Å². The summed E-state index contributed by atoms with van der Waals surface area (Å²) < 4.78 is 10.7. The first-order valence-electron chi connectivity index (χ1n) is 7.99. The van der Waals surface area contributed by atoms with E-state index in [0.29, 0.717) is 30.5 Å². The highest BCUT2D eigenvalue weighted by Gasteiger charge is 2.39. The number of likely N-dealkylation sites (tertiary alicyclic amines) is 1. The second-order valence-corrected chi connectivity index (χ2v) is 6.09. The molecule has 3 rings (SSSR count). The molecule has 23 heavy (non-hydrogen) atoms. The third-order valence-corrected chi connectivity index (χ3v) is 4.24. The zero-order chi connectivity index (χ0) is 16.2. The van der Waals surface area contributed by atoms with Gasteiger partial charge in [-0.1, -0.05) is 12.1 Å². The van der Waals surface area contributed by atoms with E-state index in [4.69, 9.17) is 9.47 Å². The largest absolute Gasteiger partial charge is 0.493 e. The second-order valence-electron chi connectivity index (χ2n) is 6.09. The van der Waals surface area contributed by atoms with E-state index >= 15 is 0 Å². The van der Waals surface area contributed by atoms with Crippen molar-refractivity contribution in [2.75, 3.05) is 26.8 Å². The van der Waals surface area contributed by atoms with Crippen LogP contribution in [0.4, 0.5) is 0 Å². The summed E-state index contributed by atoms with van der Waals surface area (Å²) in [5.74, 6) is 1.38. The Kier molecular flexibility index (Phi) is 4.69. The Morgan fingerprint density at radius 3 is 2.74 bits per heavy atom. The van der Waals surface area contributed by atoms with Crippen molar-refractivity contribution in [3.05, 3.63) is 24.3 Å². The van der Waals surface area contributed by atoms with Gasteiger partial charge >= 0.3 is 0 Å². The summed E-state index contributed by atoms with van der Waals surface area (Å²) in [7, 11) is 1.56. The van der Waals surface area contributed by atoms with Crippen LogP contribution < -0.4 is 14.8 Å². The van der Waals surface area contributed by atoms with E-state index in [9.17, 15) is 9.59 Å². The highest BCUT2D eigenvalue weighted by molar-refractivity contribution is 5.80. The minimum Gasteiger partial charge on any atom is -0.493 e. The molecule has 2 aliphatic rings. The molecule has 1 unspecified atom stereocenters. The summed E-state index contributed by atoms with van der Waals surface area (Å²) >= 11 is 0. The van der Waals surface area contributed by atoms with E-state index in [1.165, 1.54) is 0 Å². The number of methoxy groups -OCH3 is 1. The lowest BCUT2D eigenvalue weighted by atomic mass is 10.1. The van der Waals surface area contributed by atoms with Gasteiger partial charge in [-0.2, -0.15) is 0 Å². The van der Waals surface area contributed by atoms with Crippen molar-refractivity contribution >= 4 is 11.8 Å². The Morgan fingerprint density at radius 1 is 1.30 bits per heavy atom. The number of hydrogen-bond donors (Lipinski definition) is 1. The average Bonchev–Trinajstić information content (AvgIpc) is 3.34. The fraction of sp³-hybridized carbons (Fsp3) is 0.529. The van der Waals surface area contributed by atoms with Gasteiger partial charge in [-0.05, 0) is 25.0 Å². The molecule has 1 aliphatic heterocycles. The Labute approximate surface area is 135 Å². The SMILES string of the molecule is COc1ccccc1OCC(=O)NCC1CC(=O)N(C2CC2)C1. The van der Waals surface area contributed by atoms with Crippen molar-refractivity contribution < 1.29 is 19.1 Å². The number of carbonyl (C=O) groups is 2. The third kappa shape index (κ3) is 3.94. The molecule has 1 atom stereocenters. The first-order chi connectivity index (χ1) is 11.2. The van der Waals surface area contributed by atoms with Crippen LogP contribution in [0.3, 0.4) is 0 Å². The molecule has 1 heterocycles. The molecule has 0 aromatic heterocycles. The molecule has 1 aromatic rings. The van der Waals surface area contributed by atoms with E-state index < -0.39 is 0 Å². The number of benzene rings is 1. The molecule has 6 heteroatoms. The predicted molar refractivity (Wildman–Crippen MR) is 84.3 cm³/mol. The molecule has 1 saturated carbocycles. The van der Waals surface area contributed by atoms with Gasteiger partial charge in [-0.15, -0.1) is 0 Å². The highest BCUT2D eigenvalue weighted by atomic mass is 16.5. The van der Waals surface area contributed by atoms with Gasteiger partial charge in [0, 0.05) is 31.5 Å². The molecule has 1 aliphatic carbocycles. The molecule has 2 fully saturated rings. The number of ether oxygens (including phenoxy) is 2. The van der Waals surface area contributed by atoms with E-state index in [0.717, 1.165) is 19.4 Å². The molecule has 0 radical (unpaired) electrons. The van der Waals surface area contributed by atoms with Crippen molar-refractivity contribution in [3.8, 4) is 11.5 Å². The molecule has 124 valence electrons. The standard InChI is InChI=1S/C17H22N2O4/c1-22-14-4-2-3-5-15(14)23-11-16(20)18-9-12-8-17(21)19(10-12)13-6-7-13/h2-5,12-13H,6-11H2,1H3,(H,18,20). The van der Waals surface area contributed by atoms with Gasteiger partial charge in [0.05, 0.1) is 7.11 Å². The monoisotopic (exact) mass is 318 g/mol. The van der Waals surface area contributed by atoms with Gasteiger partial charge in [-0.25, -0.2) is 0 Å². The van der Waals surface area contributed by atoms with Crippen LogP contribution in [0.25, 0.3) is 0 Å². The van der Waals surface area contributed by atoms with Crippen LogP contribution in [0.5, 0.6) is 11.5 Å². The van der Waals surface area contributed by atoms with Crippen LogP contribution in [-0.4, -0.2) is 49.6 Å². The van der Waals surface area contributed by atoms with Crippen LogP contribution >= 0.6 is 0 Å². The van der Waals surface area contributed by atoms with Crippen molar-refractivity contribution in [1.29, 1.82) is 0 Å². The van der Waals surface area contributed by atoms with Crippen LogP contribution in [0.2, 0.25) is 0 Å². The zero-order valence-corrected chi connectivity index (χ0v) is 13.3. The van der Waals surface area contributed by atoms with Gasteiger partial charge in [-0.3, -0.25) is 9.59 Å². The Balaban J connectivity index is 1.41. The lowest BCUT2D eigenvalue weighted by Crippen LogP contribution is -2.34. The van der Waals surface area contributed by atoms with Crippen molar-refractivity contribution in [2.24, 2.45) is 5.92 Å². The molecule has 1 aromatic carbocycles. The van der Waals surface area contributed by atoms with Gasteiger partial charge in [0.2, 0.25) is 5.91 Å². The normalized spacial score (nSPS) is 20.5. The maximum atomic E-state index is 11.9. The van der Waals surface area contributed by atoms with Gasteiger partial charge in [0.25, 0.3) is 5.91 Å². The van der Waals surface area contributed by atoms with E-state index in [-0.39, 0.29) is 24.3 Å². The van der Waals surface area contributed by atoms with Crippen LogP contribution in [-0.2, 0) is 9.59 Å². The fourth-order valence-electron chi connectivity index (χ4n) is 2.87. The third-order valence-electron chi connectivity index (χ3n) is 4.24. The summed E-state index contributed by atoms with van der Waals surface area (Å²) in [6.07, 6.45) is 2.78. The van der Waals surface area contributed by atoms with Gasteiger partial charge in [0.1, 0.15) is 0 Å². The highest BCUT2D eigenvalue weighted by Crippen LogP contribution is 2.32. The number of hydrogen-bond acceptors (Lipinski definition) is 4. The van der Waals surface area contributed by atoms with Gasteiger partial charge in [0.15, 0.2) is 18.1 Å². The first-order valence-corrected chi connectivity index (χ1v) is 7.99. The maximum absolute atomic E-state index is 11.9. The summed E-state index contributed by atoms with van der Waals surface area (Å²) in [6.45, 7) is 1.22. The van der Waals surface area contributed by atoms with Crippen LogP contribution in [0, 0.1) is 5.92 Å². The summed E-state index contributed by atoms with van der Waals surface area (Å²) in [6, 6.07) is 7.66. The number of carbonyl (C=O) groups excluding carboxylic acids is 2. The topological polar surface area (TPSA) is 67.9 Å². The van der Waals surface area contributed by atoms with Crippen molar-refractivity contribution in [3.63, 3.8) is 0 Å².